The highest BCUT2D eigenvalue weighted by atomic mass is 127. The van der Waals surface area contributed by atoms with Crippen molar-refractivity contribution in [3.8, 4) is 0 Å². The van der Waals surface area contributed by atoms with Crippen molar-refractivity contribution in [1.29, 1.82) is 0 Å². The maximum absolute atomic E-state index is 12.1. The van der Waals surface area contributed by atoms with Crippen molar-refractivity contribution in [1.82, 2.24) is 10.2 Å². The maximum atomic E-state index is 12.1. The van der Waals surface area contributed by atoms with Crippen LogP contribution >= 0.6 is 22.6 Å². The molecule has 3 nitrogen and oxygen atoms in total. The maximum Gasteiger partial charge on any atom is 0.252 e. The SMILES string of the molecule is C[C@@H]1C[C@@H](C)CN(CCCNC(=O)c2ccccc2I)C1. The van der Waals surface area contributed by atoms with Gasteiger partial charge in [-0.15, -0.1) is 0 Å². The second kappa shape index (κ2) is 8.13. The highest BCUT2D eigenvalue weighted by Crippen LogP contribution is 2.20. The Labute approximate surface area is 141 Å². The average molecular weight is 400 g/mol. The van der Waals surface area contributed by atoms with Crippen molar-refractivity contribution < 1.29 is 4.79 Å². The van der Waals surface area contributed by atoms with Crippen LogP contribution in [0.4, 0.5) is 0 Å². The molecule has 1 aliphatic heterocycles. The van der Waals surface area contributed by atoms with E-state index in [1.807, 2.05) is 24.3 Å². The largest absolute Gasteiger partial charge is 0.352 e. The number of likely N-dealkylation sites (tertiary alicyclic amines) is 1. The predicted octanol–water partition coefficient (Wildman–Crippen LogP) is 3.39. The molecule has 1 saturated heterocycles. The first-order valence-electron chi connectivity index (χ1n) is 7.81. The minimum atomic E-state index is 0.0420. The fourth-order valence-electron chi connectivity index (χ4n) is 3.22. The summed E-state index contributed by atoms with van der Waals surface area (Å²) in [4.78, 5) is 14.6. The van der Waals surface area contributed by atoms with Crippen LogP contribution in [-0.4, -0.2) is 37.0 Å². The molecule has 4 heteroatoms. The summed E-state index contributed by atoms with van der Waals surface area (Å²) < 4.78 is 1.01. The Kier molecular flexibility index (Phi) is 6.48. The first-order valence-corrected chi connectivity index (χ1v) is 8.89. The first kappa shape index (κ1) is 16.7. The summed E-state index contributed by atoms with van der Waals surface area (Å²) in [5, 5.41) is 3.03. The van der Waals surface area contributed by atoms with E-state index in [-0.39, 0.29) is 5.91 Å². The minimum absolute atomic E-state index is 0.0420. The number of halogens is 1. The van der Waals surface area contributed by atoms with E-state index in [1.54, 1.807) is 0 Å². The molecule has 1 aliphatic rings. The van der Waals surface area contributed by atoms with Gasteiger partial charge in [-0.2, -0.15) is 0 Å². The normalized spacial score (nSPS) is 23.0. The number of carbonyl (C=O) groups is 1. The van der Waals surface area contributed by atoms with Gasteiger partial charge in [-0.25, -0.2) is 0 Å². The lowest BCUT2D eigenvalue weighted by Crippen LogP contribution is -2.40. The smallest absolute Gasteiger partial charge is 0.252 e. The van der Waals surface area contributed by atoms with E-state index in [1.165, 1.54) is 19.5 Å². The summed E-state index contributed by atoms with van der Waals surface area (Å²) >= 11 is 2.21. The first-order chi connectivity index (χ1) is 10.1. The van der Waals surface area contributed by atoms with Crippen LogP contribution in [0.3, 0.4) is 0 Å². The molecule has 1 aromatic rings. The van der Waals surface area contributed by atoms with Gasteiger partial charge >= 0.3 is 0 Å². The third kappa shape index (κ3) is 5.25. The van der Waals surface area contributed by atoms with E-state index in [9.17, 15) is 4.79 Å². The van der Waals surface area contributed by atoms with Gasteiger partial charge in [0.25, 0.3) is 5.91 Å². The quantitative estimate of drug-likeness (QED) is 0.607. The van der Waals surface area contributed by atoms with Crippen LogP contribution in [0.15, 0.2) is 24.3 Å². The number of rotatable bonds is 5. The van der Waals surface area contributed by atoms with Gasteiger partial charge in [-0.05, 0) is 65.9 Å². The van der Waals surface area contributed by atoms with Gasteiger partial charge in [0.15, 0.2) is 0 Å². The zero-order chi connectivity index (χ0) is 15.2. The van der Waals surface area contributed by atoms with Gasteiger partial charge in [0.2, 0.25) is 0 Å². The number of amides is 1. The van der Waals surface area contributed by atoms with Crippen molar-refractivity contribution in [3.63, 3.8) is 0 Å². The number of hydrogen-bond acceptors (Lipinski definition) is 2. The summed E-state index contributed by atoms with van der Waals surface area (Å²) in [6.07, 6.45) is 2.37. The molecular formula is C17H25IN2O. The van der Waals surface area contributed by atoms with Gasteiger partial charge in [-0.3, -0.25) is 4.79 Å². The highest BCUT2D eigenvalue weighted by molar-refractivity contribution is 14.1. The molecule has 0 radical (unpaired) electrons. The molecule has 0 aromatic heterocycles. The Morgan fingerprint density at radius 3 is 2.62 bits per heavy atom. The van der Waals surface area contributed by atoms with E-state index < -0.39 is 0 Å². The molecule has 1 aromatic carbocycles. The second-order valence-electron chi connectivity index (χ2n) is 6.29. The van der Waals surface area contributed by atoms with E-state index in [4.69, 9.17) is 0 Å². The lowest BCUT2D eigenvalue weighted by molar-refractivity contribution is 0.0946. The Bertz CT molecular complexity index is 468. The molecule has 2 rings (SSSR count). The van der Waals surface area contributed by atoms with Crippen molar-refractivity contribution in [3.05, 3.63) is 33.4 Å². The molecule has 1 heterocycles. The highest BCUT2D eigenvalue weighted by Gasteiger charge is 2.21. The van der Waals surface area contributed by atoms with Crippen LogP contribution in [0.5, 0.6) is 0 Å². The molecule has 1 amide bonds. The van der Waals surface area contributed by atoms with E-state index in [0.29, 0.717) is 0 Å². The molecule has 1 fully saturated rings. The van der Waals surface area contributed by atoms with Crippen molar-refractivity contribution in [2.45, 2.75) is 26.7 Å². The lowest BCUT2D eigenvalue weighted by atomic mass is 9.92. The molecule has 2 atom stereocenters. The molecular weight excluding hydrogens is 375 g/mol. The molecule has 1 N–H and O–H groups in total. The summed E-state index contributed by atoms with van der Waals surface area (Å²) in [6.45, 7) is 8.91. The predicted molar refractivity (Wildman–Crippen MR) is 95.5 cm³/mol. The summed E-state index contributed by atoms with van der Waals surface area (Å²) in [6, 6.07) is 7.71. The van der Waals surface area contributed by atoms with Crippen LogP contribution < -0.4 is 5.32 Å². The van der Waals surface area contributed by atoms with Crippen LogP contribution in [-0.2, 0) is 0 Å². The van der Waals surface area contributed by atoms with Gasteiger partial charge < -0.3 is 10.2 Å². The molecule has 0 bridgehead atoms. The molecule has 116 valence electrons. The van der Waals surface area contributed by atoms with Gasteiger partial charge in [-0.1, -0.05) is 26.0 Å². The van der Waals surface area contributed by atoms with Gasteiger partial charge in [0.1, 0.15) is 0 Å². The number of benzene rings is 1. The van der Waals surface area contributed by atoms with E-state index in [2.05, 4.69) is 46.7 Å². The molecule has 0 spiro atoms. The topological polar surface area (TPSA) is 32.3 Å². The fraction of sp³-hybridized carbons (Fsp3) is 0.588. The third-order valence-corrected chi connectivity index (χ3v) is 4.94. The summed E-state index contributed by atoms with van der Waals surface area (Å²) in [5.74, 6) is 1.64. The Hall–Kier alpha value is -0.620. The monoisotopic (exact) mass is 400 g/mol. The Balaban J connectivity index is 1.70. The number of carbonyl (C=O) groups excluding carboxylic acids is 1. The third-order valence-electron chi connectivity index (χ3n) is 4.00. The Morgan fingerprint density at radius 2 is 1.95 bits per heavy atom. The van der Waals surface area contributed by atoms with Gasteiger partial charge in [0, 0.05) is 23.2 Å². The molecule has 0 saturated carbocycles. The number of piperidine rings is 1. The number of nitrogens with zero attached hydrogens (tertiary/aromatic N) is 1. The van der Waals surface area contributed by atoms with Crippen molar-refractivity contribution >= 4 is 28.5 Å². The van der Waals surface area contributed by atoms with Crippen molar-refractivity contribution in [2.75, 3.05) is 26.2 Å². The minimum Gasteiger partial charge on any atom is -0.352 e. The number of hydrogen-bond donors (Lipinski definition) is 1. The van der Waals surface area contributed by atoms with Gasteiger partial charge in [0.05, 0.1) is 5.56 Å². The lowest BCUT2D eigenvalue weighted by Gasteiger charge is -2.34. The Morgan fingerprint density at radius 1 is 1.29 bits per heavy atom. The summed E-state index contributed by atoms with van der Waals surface area (Å²) in [7, 11) is 0. The zero-order valence-corrected chi connectivity index (χ0v) is 15.1. The second-order valence-corrected chi connectivity index (χ2v) is 7.46. The average Bonchev–Trinajstić information content (AvgIpc) is 2.43. The standard InChI is InChI=1S/C17H25IN2O/c1-13-10-14(2)12-20(11-13)9-5-8-19-17(21)15-6-3-4-7-16(15)18/h3-4,6-7,13-14H,5,8-12H2,1-2H3,(H,19,21)/t13-,14-/m1/s1. The molecule has 0 aliphatic carbocycles. The molecule has 21 heavy (non-hydrogen) atoms. The fourth-order valence-corrected chi connectivity index (χ4v) is 3.85. The van der Waals surface area contributed by atoms with Crippen molar-refractivity contribution in [2.24, 2.45) is 11.8 Å². The zero-order valence-electron chi connectivity index (χ0n) is 12.9. The van der Waals surface area contributed by atoms with Crippen LogP contribution in [0.2, 0.25) is 0 Å². The van der Waals surface area contributed by atoms with Crippen LogP contribution in [0, 0.1) is 15.4 Å². The summed E-state index contributed by atoms with van der Waals surface area (Å²) in [5.41, 5.74) is 0.776. The van der Waals surface area contributed by atoms with Crippen LogP contribution in [0.25, 0.3) is 0 Å². The van der Waals surface area contributed by atoms with E-state index >= 15 is 0 Å². The van der Waals surface area contributed by atoms with Crippen LogP contribution in [0.1, 0.15) is 37.0 Å². The number of nitrogens with one attached hydrogen (secondary N) is 1. The molecule has 0 unspecified atom stereocenters. The van der Waals surface area contributed by atoms with E-state index in [0.717, 1.165) is 40.5 Å².